The lowest BCUT2D eigenvalue weighted by Crippen LogP contribution is -2.38. The van der Waals surface area contributed by atoms with E-state index in [1.165, 1.54) is 12.3 Å². The Morgan fingerprint density at radius 1 is 1.25 bits per heavy atom. The van der Waals surface area contributed by atoms with Gasteiger partial charge in [-0.1, -0.05) is 6.07 Å². The molecule has 0 radical (unpaired) electrons. The second kappa shape index (κ2) is 7.38. The fourth-order valence-corrected chi connectivity index (χ4v) is 3.37. The third kappa shape index (κ3) is 3.80. The maximum absolute atomic E-state index is 13.1. The summed E-state index contributed by atoms with van der Waals surface area (Å²) in [7, 11) is 0. The number of imidazole rings is 1. The molecule has 0 spiro atoms. The molecular formula is C19H21F3N6. The average molecular weight is 390 g/mol. The molecule has 0 amide bonds. The molecule has 0 aliphatic carbocycles. The van der Waals surface area contributed by atoms with Crippen LogP contribution in [-0.2, 0) is 0 Å². The normalized spacial score (nSPS) is 18.9. The van der Waals surface area contributed by atoms with Crippen LogP contribution in [0.5, 0.6) is 0 Å². The molecule has 28 heavy (non-hydrogen) atoms. The van der Waals surface area contributed by atoms with Crippen LogP contribution in [0.4, 0.5) is 19.0 Å². The summed E-state index contributed by atoms with van der Waals surface area (Å²) in [5.74, 6) is -0.925. The Kier molecular flexibility index (Phi) is 4.92. The topological polar surface area (TPSA) is 67.1 Å². The Labute approximate surface area is 160 Å². The zero-order valence-corrected chi connectivity index (χ0v) is 15.4. The Morgan fingerprint density at radius 2 is 2.11 bits per heavy atom. The van der Waals surface area contributed by atoms with Gasteiger partial charge in [0.2, 0.25) is 0 Å². The molecule has 1 saturated heterocycles. The summed E-state index contributed by atoms with van der Waals surface area (Å²) >= 11 is 0. The molecule has 2 atom stereocenters. The van der Waals surface area contributed by atoms with Gasteiger partial charge in [-0.25, -0.2) is 9.97 Å². The highest BCUT2D eigenvalue weighted by atomic mass is 19.4. The van der Waals surface area contributed by atoms with Crippen LogP contribution in [-0.4, -0.2) is 44.7 Å². The summed E-state index contributed by atoms with van der Waals surface area (Å²) in [6.07, 6.45) is 4.17. The molecule has 148 valence electrons. The molecule has 0 bridgehead atoms. The van der Waals surface area contributed by atoms with E-state index in [4.69, 9.17) is 0 Å². The van der Waals surface area contributed by atoms with E-state index in [0.29, 0.717) is 22.9 Å². The fraction of sp³-hybridized carbons (Fsp3) is 0.421. The third-order valence-electron chi connectivity index (χ3n) is 5.07. The lowest BCUT2D eigenvalue weighted by molar-refractivity contribution is -0.146. The van der Waals surface area contributed by atoms with Crippen LogP contribution in [0.25, 0.3) is 17.0 Å². The van der Waals surface area contributed by atoms with Gasteiger partial charge in [-0.3, -0.25) is 9.38 Å². The lowest BCUT2D eigenvalue weighted by Gasteiger charge is -2.24. The van der Waals surface area contributed by atoms with Crippen LogP contribution in [0.2, 0.25) is 0 Å². The number of piperidine rings is 1. The predicted octanol–water partition coefficient (Wildman–Crippen LogP) is 3.62. The van der Waals surface area contributed by atoms with E-state index in [2.05, 4.69) is 25.6 Å². The van der Waals surface area contributed by atoms with Crippen molar-refractivity contribution < 1.29 is 13.2 Å². The van der Waals surface area contributed by atoms with Gasteiger partial charge in [0.15, 0.2) is 0 Å². The lowest BCUT2D eigenvalue weighted by atomic mass is 10.0. The number of halogens is 3. The molecule has 3 aromatic heterocycles. The monoisotopic (exact) mass is 390 g/mol. The van der Waals surface area contributed by atoms with Crippen LogP contribution in [0.1, 0.15) is 31.2 Å². The van der Waals surface area contributed by atoms with E-state index in [9.17, 15) is 13.2 Å². The standard InChI is InChI=1S/C19H21F3N6/c1-12(19(20,21)22)13-4-5-18-25-9-16(28(18)11-13)15-8-24-10-17(27-15)26-14-3-2-6-23-7-14/h4-5,8-12,14,23H,2-3,6-7H2,1H3,(H,26,27)/t12-,14?/m1/s1. The molecule has 1 fully saturated rings. The largest absolute Gasteiger partial charge is 0.395 e. The average Bonchev–Trinajstić information content (AvgIpc) is 3.11. The van der Waals surface area contributed by atoms with Crippen molar-refractivity contribution in [2.24, 2.45) is 0 Å². The van der Waals surface area contributed by atoms with Gasteiger partial charge >= 0.3 is 6.18 Å². The Hall–Kier alpha value is -2.68. The van der Waals surface area contributed by atoms with Crippen LogP contribution in [0.15, 0.2) is 36.9 Å². The van der Waals surface area contributed by atoms with E-state index in [0.717, 1.165) is 32.9 Å². The molecule has 1 unspecified atom stereocenters. The van der Waals surface area contributed by atoms with Crippen molar-refractivity contribution >= 4 is 11.5 Å². The number of pyridine rings is 1. The Balaban J connectivity index is 1.66. The highest BCUT2D eigenvalue weighted by Gasteiger charge is 2.37. The first kappa shape index (κ1) is 18.7. The number of hydrogen-bond donors (Lipinski definition) is 2. The fourth-order valence-electron chi connectivity index (χ4n) is 3.37. The maximum Gasteiger partial charge on any atom is 0.395 e. The second-order valence-electron chi connectivity index (χ2n) is 7.07. The van der Waals surface area contributed by atoms with Gasteiger partial charge in [0.05, 0.1) is 30.2 Å². The minimum Gasteiger partial charge on any atom is -0.365 e. The van der Waals surface area contributed by atoms with Crippen molar-refractivity contribution in [1.29, 1.82) is 0 Å². The molecule has 0 saturated carbocycles. The number of anilines is 1. The number of nitrogens with zero attached hydrogens (tertiary/aromatic N) is 4. The van der Waals surface area contributed by atoms with Gasteiger partial charge in [-0.05, 0) is 37.9 Å². The van der Waals surface area contributed by atoms with Crippen LogP contribution < -0.4 is 10.6 Å². The van der Waals surface area contributed by atoms with Gasteiger partial charge in [0, 0.05) is 18.8 Å². The molecule has 3 aromatic rings. The first-order chi connectivity index (χ1) is 13.4. The van der Waals surface area contributed by atoms with Gasteiger partial charge in [0.25, 0.3) is 0 Å². The summed E-state index contributed by atoms with van der Waals surface area (Å²) < 4.78 is 40.9. The van der Waals surface area contributed by atoms with Crippen LogP contribution in [0, 0.1) is 0 Å². The molecule has 4 rings (SSSR count). The number of fused-ring (bicyclic) bond motifs is 1. The molecule has 2 N–H and O–H groups in total. The summed E-state index contributed by atoms with van der Waals surface area (Å²) in [4.78, 5) is 13.1. The second-order valence-corrected chi connectivity index (χ2v) is 7.07. The maximum atomic E-state index is 13.1. The molecule has 9 heteroatoms. The quantitative estimate of drug-likeness (QED) is 0.712. The van der Waals surface area contributed by atoms with E-state index in [1.54, 1.807) is 29.1 Å². The first-order valence-corrected chi connectivity index (χ1v) is 9.25. The van der Waals surface area contributed by atoms with Gasteiger partial charge < -0.3 is 10.6 Å². The van der Waals surface area contributed by atoms with Crippen molar-refractivity contribution in [2.75, 3.05) is 18.4 Å². The number of hydrogen-bond acceptors (Lipinski definition) is 5. The number of rotatable bonds is 4. The molecule has 4 heterocycles. The van der Waals surface area contributed by atoms with E-state index >= 15 is 0 Å². The molecular weight excluding hydrogens is 369 g/mol. The SMILES string of the molecule is C[C@H](c1ccc2ncc(-c3cncc(NC4CCCNC4)n3)n2c1)C(F)(F)F. The molecule has 1 aliphatic heterocycles. The first-order valence-electron chi connectivity index (χ1n) is 9.25. The molecule has 6 nitrogen and oxygen atoms in total. The van der Waals surface area contributed by atoms with Gasteiger partial charge in [-0.15, -0.1) is 0 Å². The third-order valence-corrected chi connectivity index (χ3v) is 5.07. The van der Waals surface area contributed by atoms with Crippen molar-refractivity contribution in [2.45, 2.75) is 37.9 Å². The van der Waals surface area contributed by atoms with Crippen LogP contribution >= 0.6 is 0 Å². The minimum absolute atomic E-state index is 0.176. The van der Waals surface area contributed by atoms with Crippen molar-refractivity contribution in [1.82, 2.24) is 24.7 Å². The molecule has 0 aromatic carbocycles. The van der Waals surface area contributed by atoms with Crippen LogP contribution in [0.3, 0.4) is 0 Å². The van der Waals surface area contributed by atoms with Crippen molar-refractivity contribution in [3.05, 3.63) is 42.5 Å². The Bertz CT molecular complexity index is 962. The van der Waals surface area contributed by atoms with Gasteiger partial charge in [-0.2, -0.15) is 13.2 Å². The van der Waals surface area contributed by atoms with Gasteiger partial charge in [0.1, 0.15) is 17.2 Å². The van der Waals surface area contributed by atoms with Crippen molar-refractivity contribution in [3.63, 3.8) is 0 Å². The zero-order chi connectivity index (χ0) is 19.7. The summed E-state index contributed by atoms with van der Waals surface area (Å²) in [6, 6.07) is 3.33. The number of aromatic nitrogens is 4. The minimum atomic E-state index is -4.30. The highest BCUT2D eigenvalue weighted by molar-refractivity contribution is 5.61. The van der Waals surface area contributed by atoms with E-state index in [1.807, 2.05) is 0 Å². The Morgan fingerprint density at radius 3 is 2.86 bits per heavy atom. The van der Waals surface area contributed by atoms with Crippen molar-refractivity contribution in [3.8, 4) is 11.4 Å². The number of alkyl halides is 3. The summed E-state index contributed by atoms with van der Waals surface area (Å²) in [5, 5.41) is 6.70. The van der Waals surface area contributed by atoms with E-state index in [-0.39, 0.29) is 11.6 Å². The predicted molar refractivity (Wildman–Crippen MR) is 100 cm³/mol. The summed E-state index contributed by atoms with van der Waals surface area (Å²) in [5.41, 5.74) is 1.89. The highest BCUT2D eigenvalue weighted by Crippen LogP contribution is 2.34. The summed E-state index contributed by atoms with van der Waals surface area (Å²) in [6.45, 7) is 3.03. The number of nitrogens with one attached hydrogen (secondary N) is 2. The smallest absolute Gasteiger partial charge is 0.365 e. The zero-order valence-electron chi connectivity index (χ0n) is 15.4. The molecule has 1 aliphatic rings. The van der Waals surface area contributed by atoms with E-state index < -0.39 is 12.1 Å².